The van der Waals surface area contributed by atoms with E-state index in [0.717, 1.165) is 24.7 Å². The lowest BCUT2D eigenvalue weighted by atomic mass is 9.90. The van der Waals surface area contributed by atoms with E-state index in [-0.39, 0.29) is 0 Å². The molecule has 0 aliphatic carbocycles. The zero-order valence-electron chi connectivity index (χ0n) is 7.79. The predicted molar refractivity (Wildman–Crippen MR) is 55.6 cm³/mol. The number of fused-ring (bicyclic) bond motifs is 3. The summed E-state index contributed by atoms with van der Waals surface area (Å²) < 4.78 is 5.76. The molecule has 3 heteroatoms. The van der Waals surface area contributed by atoms with Gasteiger partial charge in [-0.05, 0) is 23.3 Å². The van der Waals surface area contributed by atoms with Crippen LogP contribution in [0.2, 0.25) is 5.02 Å². The van der Waals surface area contributed by atoms with Gasteiger partial charge in [-0.25, -0.2) is 0 Å². The highest BCUT2D eigenvalue weighted by atomic mass is 35.5. The first-order chi connectivity index (χ1) is 6.84. The van der Waals surface area contributed by atoms with Crippen LogP contribution in [0.5, 0.6) is 0 Å². The number of halogens is 1. The maximum absolute atomic E-state index is 6.01. The van der Waals surface area contributed by atoms with Crippen molar-refractivity contribution in [1.82, 2.24) is 5.32 Å². The third kappa shape index (κ3) is 1.26. The monoisotopic (exact) mass is 209 g/mol. The normalized spacial score (nSPS) is 29.8. The lowest BCUT2D eigenvalue weighted by Crippen LogP contribution is -2.26. The molecule has 3 rings (SSSR count). The van der Waals surface area contributed by atoms with E-state index in [0.29, 0.717) is 12.0 Å². The fourth-order valence-electron chi connectivity index (χ4n) is 2.38. The number of nitrogens with one attached hydrogen (secondary N) is 1. The molecule has 1 aromatic rings. The summed E-state index contributed by atoms with van der Waals surface area (Å²) in [4.78, 5) is 0. The van der Waals surface area contributed by atoms with Crippen LogP contribution in [-0.4, -0.2) is 19.2 Å². The van der Waals surface area contributed by atoms with Gasteiger partial charge in [-0.3, -0.25) is 0 Å². The Bertz CT molecular complexity index is 366. The Kier molecular flexibility index (Phi) is 2.01. The molecule has 0 aromatic heterocycles. The molecule has 0 amide bonds. The number of rotatable bonds is 0. The van der Waals surface area contributed by atoms with Gasteiger partial charge in [0.05, 0.1) is 12.7 Å². The van der Waals surface area contributed by atoms with Gasteiger partial charge < -0.3 is 10.1 Å². The molecule has 2 nitrogen and oxygen atoms in total. The largest absolute Gasteiger partial charge is 0.372 e. The Balaban J connectivity index is 2.07. The van der Waals surface area contributed by atoms with Crippen LogP contribution >= 0.6 is 11.6 Å². The van der Waals surface area contributed by atoms with Crippen LogP contribution in [0.15, 0.2) is 18.2 Å². The molecule has 2 atom stereocenters. The number of hydrogen-bond donors (Lipinski definition) is 1. The molecule has 1 fully saturated rings. The maximum atomic E-state index is 6.01. The molecule has 2 heterocycles. The molecule has 1 saturated heterocycles. The van der Waals surface area contributed by atoms with Crippen LogP contribution in [0.3, 0.4) is 0 Å². The van der Waals surface area contributed by atoms with Gasteiger partial charge in [0.1, 0.15) is 0 Å². The van der Waals surface area contributed by atoms with E-state index >= 15 is 0 Å². The highest BCUT2D eigenvalue weighted by molar-refractivity contribution is 6.30. The van der Waals surface area contributed by atoms with E-state index in [4.69, 9.17) is 16.3 Å². The lowest BCUT2D eigenvalue weighted by Gasteiger charge is -2.27. The zero-order chi connectivity index (χ0) is 9.54. The zero-order valence-corrected chi connectivity index (χ0v) is 8.55. The molecule has 0 unspecified atom stereocenters. The molecule has 2 aliphatic rings. The van der Waals surface area contributed by atoms with E-state index in [1.807, 2.05) is 6.07 Å². The van der Waals surface area contributed by atoms with E-state index in [9.17, 15) is 0 Å². The number of benzene rings is 1. The van der Waals surface area contributed by atoms with Crippen LogP contribution in [0.1, 0.15) is 17.0 Å². The summed E-state index contributed by atoms with van der Waals surface area (Å²) >= 11 is 6.01. The molecule has 0 radical (unpaired) electrons. The topological polar surface area (TPSA) is 21.3 Å². The Morgan fingerprint density at radius 1 is 1.36 bits per heavy atom. The minimum absolute atomic E-state index is 0.348. The van der Waals surface area contributed by atoms with Crippen molar-refractivity contribution in [3.8, 4) is 0 Å². The Labute approximate surface area is 88.2 Å². The first kappa shape index (κ1) is 8.72. The summed E-state index contributed by atoms with van der Waals surface area (Å²) in [7, 11) is 0. The van der Waals surface area contributed by atoms with Crippen LogP contribution in [0.4, 0.5) is 0 Å². The molecular formula is C11H12ClNO. The van der Waals surface area contributed by atoms with E-state index in [1.54, 1.807) is 0 Å². The van der Waals surface area contributed by atoms with Crippen LogP contribution < -0.4 is 5.32 Å². The highest BCUT2D eigenvalue weighted by Crippen LogP contribution is 2.34. The van der Waals surface area contributed by atoms with Crippen molar-refractivity contribution in [2.45, 2.75) is 18.6 Å². The average molecular weight is 210 g/mol. The summed E-state index contributed by atoms with van der Waals surface area (Å²) in [5.74, 6) is 0.498. The third-order valence-corrected chi connectivity index (χ3v) is 3.35. The molecule has 2 aliphatic heterocycles. The van der Waals surface area contributed by atoms with Gasteiger partial charge in [-0.1, -0.05) is 17.7 Å². The van der Waals surface area contributed by atoms with Gasteiger partial charge in [0.25, 0.3) is 0 Å². The fourth-order valence-corrected chi connectivity index (χ4v) is 2.56. The van der Waals surface area contributed by atoms with Gasteiger partial charge in [0.15, 0.2) is 0 Å². The summed E-state index contributed by atoms with van der Waals surface area (Å²) in [5, 5.41) is 4.19. The Morgan fingerprint density at radius 2 is 2.29 bits per heavy atom. The minimum Gasteiger partial charge on any atom is -0.372 e. The smallest absolute Gasteiger partial charge is 0.0784 e. The van der Waals surface area contributed by atoms with Crippen molar-refractivity contribution in [1.29, 1.82) is 0 Å². The van der Waals surface area contributed by atoms with Gasteiger partial charge in [0, 0.05) is 24.0 Å². The van der Waals surface area contributed by atoms with E-state index in [1.165, 1.54) is 11.1 Å². The second-order valence-corrected chi connectivity index (χ2v) is 4.39. The van der Waals surface area contributed by atoms with Crippen molar-refractivity contribution in [2.75, 3.05) is 13.1 Å². The molecule has 1 N–H and O–H groups in total. The quantitative estimate of drug-likeness (QED) is 0.705. The SMILES string of the molecule is Clc1ccc2c(c1)[C@H]1CNC[C@H]1OC2. The van der Waals surface area contributed by atoms with Gasteiger partial charge in [-0.15, -0.1) is 0 Å². The Hall–Kier alpha value is -0.570. The Morgan fingerprint density at radius 3 is 3.21 bits per heavy atom. The van der Waals surface area contributed by atoms with Crippen molar-refractivity contribution < 1.29 is 4.74 Å². The molecular weight excluding hydrogens is 198 g/mol. The molecule has 0 saturated carbocycles. The standard InChI is InChI=1S/C11H12ClNO/c12-8-2-1-7-6-14-11-5-13-4-10(11)9(7)3-8/h1-3,10-11,13H,4-6H2/t10-,11-/m1/s1. The molecule has 14 heavy (non-hydrogen) atoms. The lowest BCUT2D eigenvalue weighted by molar-refractivity contribution is 0.0299. The predicted octanol–water partition coefficient (Wildman–Crippen LogP) is 1.93. The van der Waals surface area contributed by atoms with Crippen LogP contribution in [-0.2, 0) is 11.3 Å². The van der Waals surface area contributed by atoms with Crippen molar-refractivity contribution >= 4 is 11.6 Å². The third-order valence-electron chi connectivity index (χ3n) is 3.12. The summed E-state index contributed by atoms with van der Waals surface area (Å²) in [6.45, 7) is 2.71. The van der Waals surface area contributed by atoms with Gasteiger partial charge in [0.2, 0.25) is 0 Å². The van der Waals surface area contributed by atoms with Crippen molar-refractivity contribution in [2.24, 2.45) is 0 Å². The summed E-state index contributed by atoms with van der Waals surface area (Å²) in [5.41, 5.74) is 2.66. The van der Waals surface area contributed by atoms with E-state index < -0.39 is 0 Å². The van der Waals surface area contributed by atoms with Gasteiger partial charge >= 0.3 is 0 Å². The van der Waals surface area contributed by atoms with Crippen molar-refractivity contribution in [3.05, 3.63) is 34.3 Å². The molecule has 74 valence electrons. The average Bonchev–Trinajstić information content (AvgIpc) is 2.65. The highest BCUT2D eigenvalue weighted by Gasteiger charge is 2.34. The van der Waals surface area contributed by atoms with E-state index in [2.05, 4.69) is 17.4 Å². The van der Waals surface area contributed by atoms with Crippen LogP contribution in [0, 0.1) is 0 Å². The molecule has 0 bridgehead atoms. The number of ether oxygens (including phenoxy) is 1. The second-order valence-electron chi connectivity index (χ2n) is 3.96. The minimum atomic E-state index is 0.348. The first-order valence-corrected chi connectivity index (χ1v) is 5.33. The molecule has 1 aromatic carbocycles. The van der Waals surface area contributed by atoms with Gasteiger partial charge in [-0.2, -0.15) is 0 Å². The first-order valence-electron chi connectivity index (χ1n) is 4.95. The summed E-state index contributed by atoms with van der Waals surface area (Å²) in [6.07, 6.45) is 0.348. The maximum Gasteiger partial charge on any atom is 0.0784 e. The second kappa shape index (κ2) is 3.23. The fraction of sp³-hybridized carbons (Fsp3) is 0.455. The van der Waals surface area contributed by atoms with Crippen LogP contribution in [0.25, 0.3) is 0 Å². The summed E-state index contributed by atoms with van der Waals surface area (Å²) in [6, 6.07) is 6.10. The molecule has 0 spiro atoms. The van der Waals surface area contributed by atoms with Crippen molar-refractivity contribution in [3.63, 3.8) is 0 Å². The number of hydrogen-bond acceptors (Lipinski definition) is 2.